The number of unbranched alkanes of at least 4 members (excludes halogenated alkanes) is 3. The molecule has 2 atom stereocenters. The van der Waals surface area contributed by atoms with E-state index in [1.165, 1.54) is 49.0 Å². The van der Waals surface area contributed by atoms with Crippen molar-refractivity contribution in [2.75, 3.05) is 4.43 Å². The molecule has 0 aromatic carbocycles. The predicted octanol–water partition coefficient (Wildman–Crippen LogP) is 4.71. The summed E-state index contributed by atoms with van der Waals surface area (Å²) >= 11 is 2.44. The number of hydrogen-bond donors (Lipinski definition) is 0. The van der Waals surface area contributed by atoms with Crippen LogP contribution in [-0.4, -0.2) is 10.2 Å². The van der Waals surface area contributed by atoms with E-state index < -0.39 is 0 Å². The summed E-state index contributed by atoms with van der Waals surface area (Å²) < 4.78 is 1.28. The Hall–Kier alpha value is -0.120. The average Bonchev–Trinajstić information content (AvgIpc) is 2.76. The fraction of sp³-hybridized carbons (Fsp3) is 0.667. The summed E-state index contributed by atoms with van der Waals surface area (Å²) in [7, 11) is 0. The molecule has 0 unspecified atom stereocenters. The van der Waals surface area contributed by atoms with Crippen LogP contribution in [0.15, 0.2) is 24.8 Å². The van der Waals surface area contributed by atoms with Gasteiger partial charge in [-0.1, -0.05) is 60.6 Å². The van der Waals surface area contributed by atoms with Crippen LogP contribution in [0.2, 0.25) is 0 Å². The van der Waals surface area contributed by atoms with E-state index >= 15 is 0 Å². The van der Waals surface area contributed by atoms with Gasteiger partial charge in [0.1, 0.15) is 0 Å². The van der Waals surface area contributed by atoms with E-state index in [0.29, 0.717) is 12.3 Å². The molecule has 2 heteroatoms. The molecular weight excluding hydrogens is 323 g/mol. The molecule has 0 aromatic heterocycles. The van der Waals surface area contributed by atoms with Gasteiger partial charge < -0.3 is 0 Å². The Labute approximate surface area is 119 Å². The van der Waals surface area contributed by atoms with Crippen molar-refractivity contribution in [1.29, 1.82) is 0 Å². The van der Waals surface area contributed by atoms with Gasteiger partial charge in [-0.3, -0.25) is 4.79 Å². The highest BCUT2D eigenvalue weighted by atomic mass is 127. The molecule has 0 saturated heterocycles. The number of carbonyl (C=O) groups excluding carboxylic acids is 1. The lowest BCUT2D eigenvalue weighted by molar-refractivity contribution is -0.115. The lowest BCUT2D eigenvalue weighted by Gasteiger charge is -2.10. The molecule has 0 spiro atoms. The van der Waals surface area contributed by atoms with Crippen molar-refractivity contribution in [2.45, 2.75) is 44.9 Å². The molecule has 0 saturated carbocycles. The molecule has 1 rings (SSSR count). The molecule has 0 N–H and O–H groups in total. The molecule has 0 amide bonds. The molecule has 0 fully saturated rings. The average molecular weight is 346 g/mol. The zero-order valence-electron chi connectivity index (χ0n) is 10.5. The van der Waals surface area contributed by atoms with E-state index in [-0.39, 0.29) is 5.78 Å². The third kappa shape index (κ3) is 6.39. The summed E-state index contributed by atoms with van der Waals surface area (Å²) in [6, 6.07) is 0. The summed E-state index contributed by atoms with van der Waals surface area (Å²) in [5.41, 5.74) is 0. The number of allylic oxidation sites excluding steroid dienone is 3. The summed E-state index contributed by atoms with van der Waals surface area (Å²) in [6.45, 7) is 3.53. The Balaban J connectivity index is 2.08. The van der Waals surface area contributed by atoms with Gasteiger partial charge in [-0.15, -0.1) is 0 Å². The first-order valence-electron chi connectivity index (χ1n) is 6.65. The second kappa shape index (κ2) is 8.90. The standard InChI is InChI=1S/C15H23IO/c1-2-15(17)12-14-9-8-13(11-14)7-5-3-4-6-10-16/h2,8-9,13-14H,1,3-7,10-12H2/t13-,14+/m1/s1. The van der Waals surface area contributed by atoms with Crippen molar-refractivity contribution >= 4 is 28.4 Å². The molecule has 96 valence electrons. The van der Waals surface area contributed by atoms with Crippen LogP contribution in [0.5, 0.6) is 0 Å². The molecule has 0 aliphatic heterocycles. The van der Waals surface area contributed by atoms with Crippen LogP contribution in [0, 0.1) is 11.8 Å². The molecule has 0 bridgehead atoms. The van der Waals surface area contributed by atoms with E-state index in [4.69, 9.17) is 0 Å². The third-order valence-electron chi connectivity index (χ3n) is 3.41. The molecule has 0 heterocycles. The number of halogens is 1. The topological polar surface area (TPSA) is 17.1 Å². The maximum absolute atomic E-state index is 11.3. The van der Waals surface area contributed by atoms with E-state index in [9.17, 15) is 4.79 Å². The van der Waals surface area contributed by atoms with Crippen LogP contribution in [-0.2, 0) is 4.79 Å². The molecule has 1 aliphatic rings. The third-order valence-corrected chi connectivity index (χ3v) is 4.17. The van der Waals surface area contributed by atoms with E-state index in [1.54, 1.807) is 0 Å². The number of ketones is 1. The number of rotatable bonds is 9. The Bertz CT molecular complexity index is 270. The molecule has 17 heavy (non-hydrogen) atoms. The number of alkyl halides is 1. The van der Waals surface area contributed by atoms with Gasteiger partial charge >= 0.3 is 0 Å². The van der Waals surface area contributed by atoms with E-state index in [0.717, 1.165) is 5.92 Å². The second-order valence-corrected chi connectivity index (χ2v) is 5.99. The second-order valence-electron chi connectivity index (χ2n) is 4.91. The minimum absolute atomic E-state index is 0.183. The zero-order chi connectivity index (χ0) is 12.5. The molecule has 1 aliphatic carbocycles. The SMILES string of the molecule is C=CC(=O)C[C@H]1C=C[C@@H](CCCCCCI)C1. The van der Waals surface area contributed by atoms with E-state index in [1.807, 2.05) is 0 Å². The number of hydrogen-bond acceptors (Lipinski definition) is 1. The Kier molecular flexibility index (Phi) is 7.82. The summed E-state index contributed by atoms with van der Waals surface area (Å²) in [5.74, 6) is 1.37. The molecule has 0 radical (unpaired) electrons. The lowest BCUT2D eigenvalue weighted by atomic mass is 9.94. The van der Waals surface area contributed by atoms with Crippen LogP contribution in [0.1, 0.15) is 44.9 Å². The first-order chi connectivity index (χ1) is 8.26. The monoisotopic (exact) mass is 346 g/mol. The van der Waals surface area contributed by atoms with Crippen molar-refractivity contribution in [3.8, 4) is 0 Å². The minimum Gasteiger partial charge on any atom is -0.295 e. The van der Waals surface area contributed by atoms with Gasteiger partial charge in [0, 0.05) is 6.42 Å². The Morgan fingerprint density at radius 1 is 1.24 bits per heavy atom. The maximum atomic E-state index is 11.3. The van der Waals surface area contributed by atoms with Gasteiger partial charge in [-0.05, 0) is 41.6 Å². The molecule has 1 nitrogen and oxygen atoms in total. The van der Waals surface area contributed by atoms with E-state index in [2.05, 4.69) is 41.3 Å². The fourth-order valence-electron chi connectivity index (χ4n) is 2.42. The van der Waals surface area contributed by atoms with Gasteiger partial charge in [0.15, 0.2) is 5.78 Å². The summed E-state index contributed by atoms with van der Waals surface area (Å²) in [6.07, 6.45) is 14.6. The van der Waals surface area contributed by atoms with Gasteiger partial charge in [-0.25, -0.2) is 0 Å². The highest BCUT2D eigenvalue weighted by Gasteiger charge is 2.19. The predicted molar refractivity (Wildman–Crippen MR) is 82.5 cm³/mol. The lowest BCUT2D eigenvalue weighted by Crippen LogP contribution is -2.04. The fourth-order valence-corrected chi connectivity index (χ4v) is 2.96. The van der Waals surface area contributed by atoms with Crippen LogP contribution < -0.4 is 0 Å². The van der Waals surface area contributed by atoms with Crippen molar-refractivity contribution in [3.63, 3.8) is 0 Å². The highest BCUT2D eigenvalue weighted by molar-refractivity contribution is 14.1. The quantitative estimate of drug-likeness (QED) is 0.194. The Morgan fingerprint density at radius 3 is 2.65 bits per heavy atom. The largest absolute Gasteiger partial charge is 0.295 e. The van der Waals surface area contributed by atoms with Crippen LogP contribution in [0.4, 0.5) is 0 Å². The summed E-state index contributed by atoms with van der Waals surface area (Å²) in [5, 5.41) is 0. The number of carbonyl (C=O) groups is 1. The first-order valence-corrected chi connectivity index (χ1v) is 8.18. The van der Waals surface area contributed by atoms with Crippen molar-refractivity contribution in [1.82, 2.24) is 0 Å². The van der Waals surface area contributed by atoms with Gasteiger partial charge in [0.2, 0.25) is 0 Å². The Morgan fingerprint density at radius 2 is 1.94 bits per heavy atom. The first kappa shape index (κ1) is 14.9. The minimum atomic E-state index is 0.183. The van der Waals surface area contributed by atoms with Gasteiger partial charge in [0.25, 0.3) is 0 Å². The smallest absolute Gasteiger partial charge is 0.155 e. The van der Waals surface area contributed by atoms with Crippen LogP contribution in [0.3, 0.4) is 0 Å². The normalized spacial score (nSPS) is 22.9. The van der Waals surface area contributed by atoms with Gasteiger partial charge in [0.05, 0.1) is 0 Å². The van der Waals surface area contributed by atoms with Crippen LogP contribution >= 0.6 is 22.6 Å². The maximum Gasteiger partial charge on any atom is 0.155 e. The van der Waals surface area contributed by atoms with Gasteiger partial charge in [-0.2, -0.15) is 0 Å². The molecule has 0 aromatic rings. The van der Waals surface area contributed by atoms with Crippen molar-refractivity contribution < 1.29 is 4.79 Å². The van der Waals surface area contributed by atoms with Crippen molar-refractivity contribution in [2.24, 2.45) is 11.8 Å². The zero-order valence-corrected chi connectivity index (χ0v) is 12.7. The van der Waals surface area contributed by atoms with Crippen LogP contribution in [0.25, 0.3) is 0 Å². The highest BCUT2D eigenvalue weighted by Crippen LogP contribution is 2.30. The van der Waals surface area contributed by atoms with Crippen molar-refractivity contribution in [3.05, 3.63) is 24.8 Å². The molecular formula is C15H23IO. The summed E-state index contributed by atoms with van der Waals surface area (Å²) in [4.78, 5) is 11.3.